The molecular weight excluding hydrogens is 330 g/mol. The van der Waals surface area contributed by atoms with Crippen LogP contribution in [0, 0.1) is 0 Å². The van der Waals surface area contributed by atoms with Gasteiger partial charge in [-0.25, -0.2) is 0 Å². The van der Waals surface area contributed by atoms with Crippen molar-refractivity contribution in [3.63, 3.8) is 0 Å². The van der Waals surface area contributed by atoms with Crippen molar-refractivity contribution in [3.05, 3.63) is 58.3 Å². The van der Waals surface area contributed by atoms with Gasteiger partial charge >= 0.3 is 0 Å². The van der Waals surface area contributed by atoms with E-state index in [1.807, 2.05) is 17.5 Å². The fourth-order valence-electron chi connectivity index (χ4n) is 2.42. The average Bonchev–Trinajstić information content (AvgIpc) is 3.32. The van der Waals surface area contributed by atoms with Gasteiger partial charge in [0.2, 0.25) is 5.88 Å². The number of aromatic nitrogens is 2. The summed E-state index contributed by atoms with van der Waals surface area (Å²) in [5.74, 6) is -0.142. The molecule has 1 atom stereocenters. The summed E-state index contributed by atoms with van der Waals surface area (Å²) in [5, 5.41) is 19.8. The molecule has 7 nitrogen and oxygen atoms in total. The van der Waals surface area contributed by atoms with Gasteiger partial charge in [-0.05, 0) is 17.5 Å². The highest BCUT2D eigenvalue weighted by Gasteiger charge is 2.34. The molecule has 3 heterocycles. The number of hydrogen-bond donors (Lipinski definition) is 2. The Morgan fingerprint density at radius 1 is 1.54 bits per heavy atom. The van der Waals surface area contributed by atoms with E-state index in [-0.39, 0.29) is 18.3 Å². The Labute approximate surface area is 142 Å². The normalized spacial score (nSPS) is 13.5. The van der Waals surface area contributed by atoms with Crippen LogP contribution < -0.4 is 10.1 Å². The number of carbonyl (C=O) groups excluding carboxylic acids is 1. The molecule has 3 aromatic rings. The minimum atomic E-state index is -1.37. The molecule has 1 amide bonds. The first kappa shape index (κ1) is 16.3. The van der Waals surface area contributed by atoms with Crippen molar-refractivity contribution in [2.75, 3.05) is 13.7 Å². The Balaban J connectivity index is 1.83. The summed E-state index contributed by atoms with van der Waals surface area (Å²) in [4.78, 5) is 13.2. The number of furan rings is 1. The summed E-state index contributed by atoms with van der Waals surface area (Å²) in [7, 11) is 3.15. The predicted molar refractivity (Wildman–Crippen MR) is 88.1 cm³/mol. The van der Waals surface area contributed by atoms with Crippen molar-refractivity contribution in [1.82, 2.24) is 15.1 Å². The SMILES string of the molecule is COc1nn(C)cc1C(=O)NC[C@](O)(c1ccoc1)c1cccs1. The van der Waals surface area contributed by atoms with Gasteiger partial charge in [-0.2, -0.15) is 0 Å². The molecule has 0 fully saturated rings. The first-order valence-corrected chi connectivity index (χ1v) is 8.07. The first-order chi connectivity index (χ1) is 11.5. The third kappa shape index (κ3) is 2.93. The Hall–Kier alpha value is -2.58. The summed E-state index contributed by atoms with van der Waals surface area (Å²) in [6.45, 7) is -0.00999. The van der Waals surface area contributed by atoms with Gasteiger partial charge in [0.1, 0.15) is 11.2 Å². The summed E-state index contributed by atoms with van der Waals surface area (Å²) >= 11 is 1.40. The molecule has 0 spiro atoms. The number of amides is 1. The van der Waals surface area contributed by atoms with Gasteiger partial charge in [-0.1, -0.05) is 6.07 Å². The van der Waals surface area contributed by atoms with Gasteiger partial charge in [-0.3, -0.25) is 9.48 Å². The Morgan fingerprint density at radius 2 is 2.38 bits per heavy atom. The lowest BCUT2D eigenvalue weighted by Crippen LogP contribution is -2.41. The second kappa shape index (κ2) is 6.50. The van der Waals surface area contributed by atoms with E-state index in [1.54, 1.807) is 19.3 Å². The number of rotatable bonds is 6. The zero-order valence-corrected chi connectivity index (χ0v) is 14.0. The van der Waals surface area contributed by atoms with Gasteiger partial charge in [0.05, 0.1) is 26.2 Å². The highest BCUT2D eigenvalue weighted by molar-refractivity contribution is 7.10. The van der Waals surface area contributed by atoms with E-state index in [9.17, 15) is 9.90 Å². The maximum Gasteiger partial charge on any atom is 0.258 e. The number of ether oxygens (including phenoxy) is 1. The van der Waals surface area contributed by atoms with Gasteiger partial charge in [0, 0.05) is 23.7 Å². The lowest BCUT2D eigenvalue weighted by molar-refractivity contribution is 0.0712. The van der Waals surface area contributed by atoms with E-state index < -0.39 is 5.60 Å². The summed E-state index contributed by atoms with van der Waals surface area (Å²) in [6, 6.07) is 5.34. The average molecular weight is 347 g/mol. The maximum atomic E-state index is 12.4. The van der Waals surface area contributed by atoms with Crippen molar-refractivity contribution < 1.29 is 19.1 Å². The molecule has 0 saturated carbocycles. The van der Waals surface area contributed by atoms with Gasteiger partial charge in [0.15, 0.2) is 0 Å². The second-order valence-electron chi connectivity index (χ2n) is 5.26. The summed E-state index contributed by atoms with van der Waals surface area (Å²) in [5.41, 5.74) is -0.490. The number of thiophene rings is 1. The van der Waals surface area contributed by atoms with Crippen LogP contribution in [0.5, 0.6) is 5.88 Å². The van der Waals surface area contributed by atoms with Crippen molar-refractivity contribution in [2.24, 2.45) is 7.05 Å². The zero-order chi connectivity index (χ0) is 17.2. The number of nitrogens with one attached hydrogen (secondary N) is 1. The maximum absolute atomic E-state index is 12.4. The van der Waals surface area contributed by atoms with Crippen LogP contribution in [0.25, 0.3) is 0 Å². The highest BCUT2D eigenvalue weighted by Crippen LogP contribution is 2.32. The van der Waals surface area contributed by atoms with E-state index in [0.29, 0.717) is 16.0 Å². The third-order valence-electron chi connectivity index (χ3n) is 3.67. The minimum Gasteiger partial charge on any atom is -0.479 e. The molecule has 0 aliphatic heterocycles. The van der Waals surface area contributed by atoms with E-state index >= 15 is 0 Å². The van der Waals surface area contributed by atoms with Crippen LogP contribution in [0.3, 0.4) is 0 Å². The number of methoxy groups -OCH3 is 1. The smallest absolute Gasteiger partial charge is 0.258 e. The topological polar surface area (TPSA) is 89.5 Å². The van der Waals surface area contributed by atoms with Crippen molar-refractivity contribution in [1.29, 1.82) is 0 Å². The van der Waals surface area contributed by atoms with Crippen LogP contribution in [0.2, 0.25) is 0 Å². The largest absolute Gasteiger partial charge is 0.479 e. The van der Waals surface area contributed by atoms with Gasteiger partial charge < -0.3 is 19.6 Å². The number of carbonyl (C=O) groups is 1. The van der Waals surface area contributed by atoms with E-state index in [4.69, 9.17) is 9.15 Å². The molecule has 0 bridgehead atoms. The second-order valence-corrected chi connectivity index (χ2v) is 6.21. The van der Waals surface area contributed by atoms with Gasteiger partial charge in [-0.15, -0.1) is 16.4 Å². The molecule has 24 heavy (non-hydrogen) atoms. The number of aliphatic hydroxyl groups is 1. The fraction of sp³-hybridized carbons (Fsp3) is 0.250. The Kier molecular flexibility index (Phi) is 4.41. The van der Waals surface area contributed by atoms with Gasteiger partial charge in [0.25, 0.3) is 5.91 Å². The quantitative estimate of drug-likeness (QED) is 0.709. The van der Waals surface area contributed by atoms with Crippen molar-refractivity contribution in [2.45, 2.75) is 5.60 Å². The fourth-order valence-corrected chi connectivity index (χ4v) is 3.27. The molecule has 0 saturated heterocycles. The molecule has 126 valence electrons. The minimum absolute atomic E-state index is 0.00999. The standard InChI is InChI=1S/C16H17N3O4S/c1-19-8-12(15(18-19)22-2)14(20)17-10-16(21,11-5-6-23-9-11)13-4-3-7-24-13/h3-9,21H,10H2,1-2H3,(H,17,20)/t16-/m0/s1. The third-order valence-corrected chi connectivity index (χ3v) is 4.69. The summed E-state index contributed by atoms with van der Waals surface area (Å²) < 4.78 is 11.7. The summed E-state index contributed by atoms with van der Waals surface area (Å²) in [6.07, 6.45) is 4.52. The highest BCUT2D eigenvalue weighted by atomic mass is 32.1. The number of aryl methyl sites for hydroxylation is 1. The predicted octanol–water partition coefficient (Wildman–Crippen LogP) is 1.75. The number of hydrogen-bond acceptors (Lipinski definition) is 6. The van der Waals surface area contributed by atoms with E-state index in [1.165, 1.54) is 35.7 Å². The molecular formula is C16H17N3O4S. The van der Waals surface area contributed by atoms with Crippen molar-refractivity contribution in [3.8, 4) is 5.88 Å². The zero-order valence-electron chi connectivity index (χ0n) is 13.2. The van der Waals surface area contributed by atoms with Crippen LogP contribution in [0.15, 0.2) is 46.7 Å². The van der Waals surface area contributed by atoms with Crippen molar-refractivity contribution >= 4 is 17.2 Å². The van der Waals surface area contributed by atoms with E-state index in [2.05, 4.69) is 10.4 Å². The first-order valence-electron chi connectivity index (χ1n) is 7.19. The molecule has 0 aliphatic carbocycles. The molecule has 2 N–H and O–H groups in total. The molecule has 0 unspecified atom stereocenters. The Morgan fingerprint density at radius 3 is 3.00 bits per heavy atom. The number of nitrogens with zero attached hydrogens (tertiary/aromatic N) is 2. The molecule has 3 rings (SSSR count). The van der Waals surface area contributed by atoms with E-state index in [0.717, 1.165) is 0 Å². The van der Waals surface area contributed by atoms with Crippen LogP contribution in [0.4, 0.5) is 0 Å². The lowest BCUT2D eigenvalue weighted by Gasteiger charge is -2.26. The molecule has 0 aromatic carbocycles. The van der Waals surface area contributed by atoms with Crippen LogP contribution in [-0.4, -0.2) is 34.4 Å². The van der Waals surface area contributed by atoms with Crippen LogP contribution >= 0.6 is 11.3 Å². The molecule has 8 heteroatoms. The Bertz CT molecular complexity index is 774. The van der Waals surface area contributed by atoms with Crippen LogP contribution in [-0.2, 0) is 12.6 Å². The molecule has 3 aromatic heterocycles. The van der Waals surface area contributed by atoms with Crippen LogP contribution in [0.1, 0.15) is 20.8 Å². The lowest BCUT2D eigenvalue weighted by atomic mass is 9.94. The molecule has 0 aliphatic rings. The monoisotopic (exact) mass is 347 g/mol. The molecule has 0 radical (unpaired) electrons.